The van der Waals surface area contributed by atoms with E-state index in [2.05, 4.69) is 20.3 Å². The zero-order valence-corrected chi connectivity index (χ0v) is 18.8. The Morgan fingerprint density at radius 3 is 2.71 bits per heavy atom. The van der Waals surface area contributed by atoms with Crippen LogP contribution in [0.5, 0.6) is 0 Å². The topological polar surface area (TPSA) is 120 Å². The van der Waals surface area contributed by atoms with Crippen LogP contribution in [0.15, 0.2) is 64.4 Å². The number of anilines is 1. The van der Waals surface area contributed by atoms with Crippen molar-refractivity contribution in [1.29, 1.82) is 0 Å². The molecule has 0 radical (unpaired) electrons. The van der Waals surface area contributed by atoms with Crippen LogP contribution in [0.4, 0.5) is 5.69 Å². The summed E-state index contributed by atoms with van der Waals surface area (Å²) >= 11 is 0. The molecule has 3 aromatic heterocycles. The summed E-state index contributed by atoms with van der Waals surface area (Å²) in [7, 11) is 3.02. The number of nitrogens with zero attached hydrogens (tertiary/aromatic N) is 5. The number of aromatic amines is 1. The minimum Gasteiger partial charge on any atom is -0.338 e. The normalized spacial score (nSPS) is 11.4. The molecular weight excluding hydrogens is 434 g/mol. The Hall–Kier alpha value is -4.47. The first-order chi connectivity index (χ1) is 16.4. The molecule has 5 aromatic rings. The first-order valence-corrected chi connectivity index (χ1v) is 10.9. The molecule has 2 N–H and O–H groups in total. The Bertz CT molecular complexity index is 1620. The molecule has 0 unspecified atom stereocenters. The lowest BCUT2D eigenvalue weighted by molar-refractivity contribution is -0.116. The van der Waals surface area contributed by atoms with Crippen molar-refractivity contribution in [3.8, 4) is 11.4 Å². The summed E-state index contributed by atoms with van der Waals surface area (Å²) < 4.78 is 4.09. The predicted octanol–water partition coefficient (Wildman–Crippen LogP) is 2.40. The summed E-state index contributed by atoms with van der Waals surface area (Å²) in [6.45, 7) is 0.427. The van der Waals surface area contributed by atoms with E-state index < -0.39 is 11.2 Å². The summed E-state index contributed by atoms with van der Waals surface area (Å²) in [5, 5.41) is 2.92. The van der Waals surface area contributed by atoms with E-state index in [0.717, 1.165) is 27.0 Å². The van der Waals surface area contributed by atoms with Crippen molar-refractivity contribution in [3.05, 3.63) is 75.7 Å². The molecule has 0 aliphatic carbocycles. The van der Waals surface area contributed by atoms with E-state index in [4.69, 9.17) is 0 Å². The zero-order valence-electron chi connectivity index (χ0n) is 18.8. The van der Waals surface area contributed by atoms with E-state index in [1.807, 2.05) is 48.5 Å². The average Bonchev–Trinajstić information content (AvgIpc) is 3.46. The Morgan fingerprint density at radius 2 is 1.88 bits per heavy atom. The molecule has 2 aromatic carbocycles. The molecular formula is C24H23N7O3. The van der Waals surface area contributed by atoms with Gasteiger partial charge >= 0.3 is 5.69 Å². The van der Waals surface area contributed by atoms with E-state index in [-0.39, 0.29) is 12.3 Å². The number of carbonyl (C=O) groups excluding carboxylic acids is 1. The van der Waals surface area contributed by atoms with Crippen LogP contribution in [0.25, 0.3) is 33.6 Å². The molecule has 0 aliphatic rings. The molecule has 5 rings (SSSR count). The highest BCUT2D eigenvalue weighted by molar-refractivity contribution is 5.91. The van der Waals surface area contributed by atoms with Gasteiger partial charge in [-0.2, -0.15) is 0 Å². The summed E-state index contributed by atoms with van der Waals surface area (Å²) in [4.78, 5) is 49.2. The number of aromatic nitrogens is 6. The van der Waals surface area contributed by atoms with Crippen molar-refractivity contribution < 1.29 is 4.79 Å². The third-order valence-corrected chi connectivity index (χ3v) is 5.83. The maximum atomic E-state index is 12.5. The molecule has 0 spiro atoms. The van der Waals surface area contributed by atoms with Crippen molar-refractivity contribution in [2.24, 2.45) is 14.1 Å². The molecule has 0 bridgehead atoms. The summed E-state index contributed by atoms with van der Waals surface area (Å²) in [6.07, 6.45) is 2.30. The maximum Gasteiger partial charge on any atom is 0.332 e. The van der Waals surface area contributed by atoms with Gasteiger partial charge in [0, 0.05) is 38.3 Å². The summed E-state index contributed by atoms with van der Waals surface area (Å²) in [6, 6.07) is 15.3. The number of hydrogen-bond donors (Lipinski definition) is 2. The second kappa shape index (κ2) is 8.47. The van der Waals surface area contributed by atoms with Crippen LogP contribution in [0.3, 0.4) is 0 Å². The van der Waals surface area contributed by atoms with Gasteiger partial charge in [-0.15, -0.1) is 0 Å². The van der Waals surface area contributed by atoms with Crippen LogP contribution < -0.4 is 16.6 Å². The van der Waals surface area contributed by atoms with Crippen LogP contribution in [-0.4, -0.2) is 34.6 Å². The van der Waals surface area contributed by atoms with Gasteiger partial charge in [0.2, 0.25) is 5.91 Å². The number of benzene rings is 2. The van der Waals surface area contributed by atoms with Crippen LogP contribution in [0.1, 0.15) is 12.8 Å². The van der Waals surface area contributed by atoms with Crippen LogP contribution in [-0.2, 0) is 25.4 Å². The van der Waals surface area contributed by atoms with Crippen molar-refractivity contribution in [3.63, 3.8) is 0 Å². The van der Waals surface area contributed by atoms with Crippen molar-refractivity contribution in [1.82, 2.24) is 28.7 Å². The fourth-order valence-corrected chi connectivity index (χ4v) is 4.03. The number of amides is 1. The van der Waals surface area contributed by atoms with Gasteiger partial charge in [0.05, 0.1) is 17.4 Å². The lowest BCUT2D eigenvalue weighted by Gasteiger charge is -2.08. The van der Waals surface area contributed by atoms with Crippen molar-refractivity contribution in [2.75, 3.05) is 5.32 Å². The Labute approximate surface area is 193 Å². The summed E-state index contributed by atoms with van der Waals surface area (Å²) in [5.41, 5.74) is 3.25. The Kier molecular flexibility index (Phi) is 5.33. The lowest BCUT2D eigenvalue weighted by Crippen LogP contribution is -2.37. The first-order valence-electron chi connectivity index (χ1n) is 10.9. The highest BCUT2D eigenvalue weighted by Crippen LogP contribution is 2.23. The highest BCUT2D eigenvalue weighted by Gasteiger charge is 2.14. The molecule has 172 valence electrons. The largest absolute Gasteiger partial charge is 0.338 e. The first kappa shape index (κ1) is 21.4. The van der Waals surface area contributed by atoms with Gasteiger partial charge in [-0.05, 0) is 30.7 Å². The third kappa shape index (κ3) is 3.79. The van der Waals surface area contributed by atoms with Gasteiger partial charge in [-0.1, -0.05) is 24.3 Å². The number of nitrogens with one attached hydrogen (secondary N) is 2. The second-order valence-corrected chi connectivity index (χ2v) is 8.15. The minimum atomic E-state index is -0.424. The fourth-order valence-electron chi connectivity index (χ4n) is 4.03. The predicted molar refractivity (Wildman–Crippen MR) is 130 cm³/mol. The van der Waals surface area contributed by atoms with E-state index in [0.29, 0.717) is 29.8 Å². The smallest absolute Gasteiger partial charge is 0.332 e. The minimum absolute atomic E-state index is 0.133. The van der Waals surface area contributed by atoms with Gasteiger partial charge in [-0.25, -0.2) is 14.8 Å². The van der Waals surface area contributed by atoms with Crippen molar-refractivity contribution >= 4 is 33.8 Å². The van der Waals surface area contributed by atoms with Gasteiger partial charge in [-0.3, -0.25) is 18.7 Å². The number of para-hydroxylation sites is 2. The number of H-pyrrole nitrogens is 1. The van der Waals surface area contributed by atoms with E-state index in [1.165, 1.54) is 17.9 Å². The number of hydrogen-bond acceptors (Lipinski definition) is 5. The molecule has 34 heavy (non-hydrogen) atoms. The van der Waals surface area contributed by atoms with Gasteiger partial charge in [0.25, 0.3) is 5.56 Å². The Balaban J connectivity index is 1.26. The molecule has 0 atom stereocenters. The molecule has 0 saturated carbocycles. The molecule has 1 amide bonds. The fraction of sp³-hybridized carbons (Fsp3) is 0.208. The van der Waals surface area contributed by atoms with Gasteiger partial charge < -0.3 is 14.9 Å². The quantitative estimate of drug-likeness (QED) is 0.406. The monoisotopic (exact) mass is 457 g/mol. The molecule has 10 nitrogen and oxygen atoms in total. The highest BCUT2D eigenvalue weighted by atomic mass is 16.2. The van der Waals surface area contributed by atoms with Crippen LogP contribution in [0, 0.1) is 0 Å². The number of carbonyl (C=O) groups is 1. The third-order valence-electron chi connectivity index (χ3n) is 5.83. The molecule has 0 aliphatic heterocycles. The Morgan fingerprint density at radius 1 is 1.06 bits per heavy atom. The molecule has 10 heteroatoms. The average molecular weight is 457 g/mol. The molecule has 0 fully saturated rings. The van der Waals surface area contributed by atoms with Crippen LogP contribution >= 0.6 is 0 Å². The standard InChI is InChI=1S/C24H23N7O3/c1-29-22-20(23(33)30(2)24(29)34)31(14-25-22)12-6-11-19(32)26-16-8-5-7-15(13-16)21-27-17-9-3-4-10-18(17)28-21/h3-5,7-10,13-14H,6,11-12H2,1-2H3,(H,26,32)(H,27,28). The number of rotatable bonds is 6. The number of imidazole rings is 2. The lowest BCUT2D eigenvalue weighted by atomic mass is 10.2. The van der Waals surface area contributed by atoms with E-state index in [9.17, 15) is 14.4 Å². The zero-order chi connectivity index (χ0) is 23.8. The number of fused-ring (bicyclic) bond motifs is 2. The second-order valence-electron chi connectivity index (χ2n) is 8.15. The maximum absolute atomic E-state index is 12.5. The SMILES string of the molecule is Cn1c(=O)c2c(ncn2CCCC(=O)Nc2cccc(-c3nc4ccccc4[nH]3)c2)n(C)c1=O. The molecule has 3 heterocycles. The van der Waals surface area contributed by atoms with Gasteiger partial charge in [0.1, 0.15) is 5.82 Å². The van der Waals surface area contributed by atoms with Gasteiger partial charge in [0.15, 0.2) is 11.2 Å². The summed E-state index contributed by atoms with van der Waals surface area (Å²) in [5.74, 6) is 0.603. The van der Waals surface area contributed by atoms with E-state index in [1.54, 1.807) is 11.6 Å². The number of aryl methyl sites for hydroxylation is 2. The van der Waals surface area contributed by atoms with E-state index >= 15 is 0 Å². The van der Waals surface area contributed by atoms with Crippen molar-refractivity contribution in [2.45, 2.75) is 19.4 Å². The van der Waals surface area contributed by atoms with Crippen LogP contribution in [0.2, 0.25) is 0 Å². The molecule has 0 saturated heterocycles.